The van der Waals surface area contributed by atoms with Gasteiger partial charge in [0.25, 0.3) is 5.91 Å². The fourth-order valence-corrected chi connectivity index (χ4v) is 7.05. The highest BCUT2D eigenvalue weighted by Crippen LogP contribution is 2.41. The van der Waals surface area contributed by atoms with Crippen molar-refractivity contribution in [2.24, 2.45) is 0 Å². The number of aromatic nitrogens is 3. The average Bonchev–Trinajstić information content (AvgIpc) is 3.28. The smallest absolute Gasteiger partial charge is 0.274 e. The Hall–Kier alpha value is -3.08. The van der Waals surface area contributed by atoms with E-state index in [2.05, 4.69) is 34.1 Å². The lowest BCUT2D eigenvalue weighted by Gasteiger charge is -2.34. The van der Waals surface area contributed by atoms with Crippen LogP contribution < -0.4 is 0 Å². The van der Waals surface area contributed by atoms with Gasteiger partial charge in [0.15, 0.2) is 10.7 Å². The molecule has 2 saturated heterocycles. The maximum Gasteiger partial charge on any atom is 0.274 e. The Morgan fingerprint density at radius 3 is 2.67 bits per heavy atom. The molecule has 5 heterocycles. The second-order valence-corrected chi connectivity index (χ2v) is 11.6. The van der Waals surface area contributed by atoms with E-state index in [9.17, 15) is 13.2 Å². The second kappa shape index (κ2) is 9.42. The molecule has 1 atom stereocenters. The average molecular weight is 508 g/mol. The molecule has 9 nitrogen and oxygen atoms in total. The molecular formula is C26H29N5O4S. The highest BCUT2D eigenvalue weighted by molar-refractivity contribution is 7.90. The molecule has 3 aliphatic heterocycles. The van der Waals surface area contributed by atoms with Gasteiger partial charge in [-0.3, -0.25) is 14.4 Å². The summed E-state index contributed by atoms with van der Waals surface area (Å²) >= 11 is 0. The van der Waals surface area contributed by atoms with Crippen molar-refractivity contribution in [2.75, 3.05) is 39.4 Å². The minimum atomic E-state index is -3.68. The van der Waals surface area contributed by atoms with Crippen molar-refractivity contribution in [3.63, 3.8) is 0 Å². The summed E-state index contributed by atoms with van der Waals surface area (Å²) in [6, 6.07) is 13.9. The van der Waals surface area contributed by atoms with Crippen LogP contribution in [0.25, 0.3) is 11.3 Å². The van der Waals surface area contributed by atoms with Gasteiger partial charge in [-0.25, -0.2) is 13.4 Å². The largest absolute Gasteiger partial charge is 0.378 e. The topological polar surface area (TPSA) is 97.6 Å². The van der Waals surface area contributed by atoms with E-state index in [0.29, 0.717) is 37.4 Å². The van der Waals surface area contributed by atoms with E-state index < -0.39 is 9.84 Å². The predicted molar refractivity (Wildman–Crippen MR) is 133 cm³/mol. The van der Waals surface area contributed by atoms with E-state index in [4.69, 9.17) is 9.84 Å². The van der Waals surface area contributed by atoms with E-state index in [1.807, 2.05) is 10.7 Å². The maximum absolute atomic E-state index is 13.6. The summed E-state index contributed by atoms with van der Waals surface area (Å²) in [6.07, 6.45) is 3.41. The third-order valence-electron chi connectivity index (χ3n) is 7.24. The Morgan fingerprint density at radius 1 is 1.06 bits per heavy atom. The van der Waals surface area contributed by atoms with Crippen molar-refractivity contribution in [3.05, 3.63) is 65.5 Å². The van der Waals surface area contributed by atoms with Gasteiger partial charge in [-0.1, -0.05) is 30.3 Å². The molecule has 3 aliphatic rings. The molecule has 0 bridgehead atoms. The number of pyridine rings is 1. The Balaban J connectivity index is 1.41. The zero-order valence-corrected chi connectivity index (χ0v) is 20.9. The van der Waals surface area contributed by atoms with Crippen LogP contribution in [0.1, 0.15) is 40.5 Å². The third-order valence-corrected chi connectivity index (χ3v) is 8.82. The van der Waals surface area contributed by atoms with Crippen LogP contribution in [0, 0.1) is 0 Å². The fourth-order valence-electron chi connectivity index (χ4n) is 5.54. The van der Waals surface area contributed by atoms with Gasteiger partial charge >= 0.3 is 0 Å². The van der Waals surface area contributed by atoms with Gasteiger partial charge < -0.3 is 9.64 Å². The first-order chi connectivity index (χ1) is 17.5. The number of ether oxygens (including phenoxy) is 1. The number of sulfone groups is 1. The first kappa shape index (κ1) is 23.3. The molecule has 0 N–H and O–H groups in total. The molecule has 0 spiro atoms. The SMILES string of the molecule is O=C(c1nn([C@H]2CCCN(Cc3ccccc3)C2)c2c1CS(=O)(=O)c1ncccc1-2)N1CCOCC1. The molecule has 0 aliphatic carbocycles. The molecule has 1 amide bonds. The Kier molecular flexibility index (Phi) is 6.10. The molecule has 36 heavy (non-hydrogen) atoms. The molecule has 0 saturated carbocycles. The summed E-state index contributed by atoms with van der Waals surface area (Å²) in [5, 5.41) is 4.93. The molecule has 10 heteroatoms. The molecule has 1 aromatic carbocycles. The van der Waals surface area contributed by atoms with Crippen LogP contribution >= 0.6 is 0 Å². The number of amides is 1. The van der Waals surface area contributed by atoms with Crippen LogP contribution in [0.3, 0.4) is 0 Å². The lowest BCUT2D eigenvalue weighted by atomic mass is 10.0. The van der Waals surface area contributed by atoms with E-state index in [-0.39, 0.29) is 28.4 Å². The number of rotatable bonds is 4. The minimum absolute atomic E-state index is 0.0244. The highest BCUT2D eigenvalue weighted by Gasteiger charge is 2.39. The summed E-state index contributed by atoms with van der Waals surface area (Å²) < 4.78 is 33.7. The predicted octanol–water partition coefficient (Wildman–Crippen LogP) is 2.54. The van der Waals surface area contributed by atoms with E-state index in [0.717, 1.165) is 38.2 Å². The molecule has 0 unspecified atom stereocenters. The molecule has 6 rings (SSSR count). The zero-order valence-electron chi connectivity index (χ0n) is 20.0. The summed E-state index contributed by atoms with van der Waals surface area (Å²) in [6.45, 7) is 4.48. The number of carbonyl (C=O) groups excluding carboxylic acids is 1. The second-order valence-electron chi connectivity index (χ2n) is 9.66. The number of piperidine rings is 1. The molecule has 3 aromatic rings. The number of carbonyl (C=O) groups is 1. The number of hydrogen-bond donors (Lipinski definition) is 0. The Morgan fingerprint density at radius 2 is 1.86 bits per heavy atom. The van der Waals surface area contributed by atoms with Crippen molar-refractivity contribution in [2.45, 2.75) is 36.2 Å². The summed E-state index contributed by atoms with van der Waals surface area (Å²) in [7, 11) is -3.68. The number of fused-ring (bicyclic) bond motifs is 3. The third kappa shape index (κ3) is 4.23. The normalized spacial score (nSPS) is 21.6. The van der Waals surface area contributed by atoms with Crippen LogP contribution in [-0.4, -0.2) is 78.3 Å². The van der Waals surface area contributed by atoms with Crippen LogP contribution in [0.2, 0.25) is 0 Å². The monoisotopic (exact) mass is 507 g/mol. The van der Waals surface area contributed by atoms with Gasteiger partial charge in [0, 0.05) is 43.5 Å². The highest BCUT2D eigenvalue weighted by atomic mass is 32.2. The van der Waals surface area contributed by atoms with Gasteiger partial charge in [-0.05, 0) is 37.1 Å². The van der Waals surface area contributed by atoms with Crippen LogP contribution in [-0.2, 0) is 26.9 Å². The molecule has 2 aromatic heterocycles. The quantitative estimate of drug-likeness (QED) is 0.535. The van der Waals surface area contributed by atoms with Gasteiger partial charge in [0.1, 0.15) is 0 Å². The first-order valence-corrected chi connectivity index (χ1v) is 14.1. The number of benzene rings is 1. The van der Waals surface area contributed by atoms with Gasteiger partial charge in [-0.2, -0.15) is 5.10 Å². The summed E-state index contributed by atoms with van der Waals surface area (Å²) in [5.74, 6) is -0.495. The van der Waals surface area contributed by atoms with E-state index in [1.54, 1.807) is 17.0 Å². The van der Waals surface area contributed by atoms with Crippen molar-refractivity contribution in [1.29, 1.82) is 0 Å². The Labute approximate surface area is 210 Å². The fraction of sp³-hybridized carbons (Fsp3) is 0.423. The lowest BCUT2D eigenvalue weighted by Crippen LogP contribution is -2.41. The number of morpholine rings is 1. The van der Waals surface area contributed by atoms with Crippen LogP contribution in [0.4, 0.5) is 0 Å². The summed E-state index contributed by atoms with van der Waals surface area (Å²) in [4.78, 5) is 21.9. The number of nitrogens with zero attached hydrogens (tertiary/aromatic N) is 5. The standard InChI is InChI=1S/C26H29N5O4S/c32-26(30-12-14-35-15-13-30)23-22-18-36(33,34)25-21(9-4-10-27-25)24(22)31(28-23)20-8-5-11-29(17-20)16-19-6-2-1-3-7-19/h1-4,6-7,9-10,20H,5,8,11-18H2/t20-/m0/s1. The molecule has 188 valence electrons. The number of likely N-dealkylation sites (tertiary alicyclic amines) is 1. The van der Waals surface area contributed by atoms with Crippen molar-refractivity contribution in [1.82, 2.24) is 24.6 Å². The van der Waals surface area contributed by atoms with Gasteiger partial charge in [0.2, 0.25) is 9.84 Å². The zero-order chi connectivity index (χ0) is 24.7. The van der Waals surface area contributed by atoms with Crippen LogP contribution in [0.5, 0.6) is 0 Å². The number of hydrogen-bond acceptors (Lipinski definition) is 7. The van der Waals surface area contributed by atoms with Crippen molar-refractivity contribution >= 4 is 15.7 Å². The van der Waals surface area contributed by atoms with Gasteiger partial charge in [0.05, 0.1) is 30.7 Å². The Bertz CT molecular complexity index is 1380. The van der Waals surface area contributed by atoms with Crippen molar-refractivity contribution in [3.8, 4) is 11.3 Å². The lowest BCUT2D eigenvalue weighted by molar-refractivity contribution is 0.0297. The van der Waals surface area contributed by atoms with Crippen LogP contribution in [0.15, 0.2) is 53.7 Å². The van der Waals surface area contributed by atoms with Crippen molar-refractivity contribution < 1.29 is 17.9 Å². The summed E-state index contributed by atoms with van der Waals surface area (Å²) in [5.41, 5.74) is 3.24. The molecular weight excluding hydrogens is 478 g/mol. The van der Waals surface area contributed by atoms with E-state index in [1.165, 1.54) is 11.8 Å². The van der Waals surface area contributed by atoms with E-state index >= 15 is 0 Å². The maximum atomic E-state index is 13.6. The molecule has 2 fully saturated rings. The molecule has 0 radical (unpaired) electrons. The minimum Gasteiger partial charge on any atom is -0.378 e. The first-order valence-electron chi connectivity index (χ1n) is 12.4. The van der Waals surface area contributed by atoms with Gasteiger partial charge in [-0.15, -0.1) is 0 Å².